The lowest BCUT2D eigenvalue weighted by atomic mass is 10.1. The van der Waals surface area contributed by atoms with Gasteiger partial charge in [-0.05, 0) is 50.2 Å². The molecule has 3 aromatic carbocycles. The van der Waals surface area contributed by atoms with Gasteiger partial charge in [0.05, 0.1) is 21.8 Å². The highest BCUT2D eigenvalue weighted by Crippen LogP contribution is 2.34. The van der Waals surface area contributed by atoms with Gasteiger partial charge in [-0.1, -0.05) is 47.5 Å². The molecule has 0 aromatic heterocycles. The molecule has 0 heterocycles. The number of sulfonamides is 1. The number of alkyl halides is 3. The normalized spacial score (nSPS) is 11.8. The Kier molecular flexibility index (Phi) is 6.59. The maximum atomic E-state index is 13.3. The van der Waals surface area contributed by atoms with Gasteiger partial charge in [0.15, 0.2) is 0 Å². The van der Waals surface area contributed by atoms with Crippen LogP contribution in [-0.4, -0.2) is 20.9 Å². The molecule has 0 fully saturated rings. The zero-order valence-corrected chi connectivity index (χ0v) is 18.2. The zero-order chi connectivity index (χ0) is 23.5. The van der Waals surface area contributed by atoms with E-state index in [1.807, 2.05) is 6.92 Å². The van der Waals surface area contributed by atoms with Crippen LogP contribution in [-0.2, 0) is 21.0 Å². The maximum absolute atomic E-state index is 13.3. The summed E-state index contributed by atoms with van der Waals surface area (Å²) in [5.41, 5.74) is 0.492. The molecule has 0 aliphatic heterocycles. The molecule has 0 saturated carbocycles. The first-order chi connectivity index (χ1) is 15.0. The van der Waals surface area contributed by atoms with Gasteiger partial charge < -0.3 is 5.32 Å². The van der Waals surface area contributed by atoms with Crippen LogP contribution in [0, 0.1) is 13.8 Å². The molecule has 1 N–H and O–H groups in total. The van der Waals surface area contributed by atoms with E-state index in [1.165, 1.54) is 36.4 Å². The number of carbonyl (C=O) groups is 1. The summed E-state index contributed by atoms with van der Waals surface area (Å²) in [6.45, 7) is 2.93. The van der Waals surface area contributed by atoms with Gasteiger partial charge in [0.25, 0.3) is 10.0 Å². The average Bonchev–Trinajstić information content (AvgIpc) is 2.72. The lowest BCUT2D eigenvalue weighted by Crippen LogP contribution is -2.38. The van der Waals surface area contributed by atoms with E-state index < -0.39 is 39.9 Å². The zero-order valence-electron chi connectivity index (χ0n) is 17.3. The lowest BCUT2D eigenvalue weighted by Gasteiger charge is -2.24. The Morgan fingerprint density at radius 2 is 1.41 bits per heavy atom. The topological polar surface area (TPSA) is 66.5 Å². The number of anilines is 2. The Balaban J connectivity index is 1.96. The van der Waals surface area contributed by atoms with Gasteiger partial charge in [-0.3, -0.25) is 9.10 Å². The van der Waals surface area contributed by atoms with Gasteiger partial charge >= 0.3 is 6.18 Å². The van der Waals surface area contributed by atoms with Crippen molar-refractivity contribution in [1.82, 2.24) is 0 Å². The fourth-order valence-corrected chi connectivity index (χ4v) is 4.44. The third-order valence-corrected chi connectivity index (χ3v) is 6.51. The first-order valence-electron chi connectivity index (χ1n) is 9.60. The summed E-state index contributed by atoms with van der Waals surface area (Å²) >= 11 is 0. The predicted octanol–water partition coefficient (Wildman–Crippen LogP) is 5.16. The van der Waals surface area contributed by atoms with E-state index in [-0.39, 0.29) is 10.6 Å². The number of rotatable bonds is 6. The van der Waals surface area contributed by atoms with Crippen LogP contribution in [0.1, 0.15) is 16.7 Å². The van der Waals surface area contributed by atoms with Crippen molar-refractivity contribution < 1.29 is 26.4 Å². The molecule has 0 bridgehead atoms. The molecule has 0 spiro atoms. The first kappa shape index (κ1) is 23.3. The molecule has 0 saturated heterocycles. The maximum Gasteiger partial charge on any atom is 0.418 e. The highest BCUT2D eigenvalue weighted by atomic mass is 32.2. The number of para-hydroxylation sites is 1. The van der Waals surface area contributed by atoms with E-state index in [4.69, 9.17) is 0 Å². The quantitative estimate of drug-likeness (QED) is 0.551. The number of halogens is 3. The Morgan fingerprint density at radius 1 is 0.875 bits per heavy atom. The van der Waals surface area contributed by atoms with Crippen LogP contribution < -0.4 is 9.62 Å². The summed E-state index contributed by atoms with van der Waals surface area (Å²) in [5.74, 6) is -0.905. The van der Waals surface area contributed by atoms with E-state index in [0.717, 1.165) is 27.6 Å². The molecular formula is C23H21F3N2O3S. The van der Waals surface area contributed by atoms with Crippen LogP contribution in [0.5, 0.6) is 0 Å². The number of hydrogen-bond donors (Lipinski definition) is 1. The second kappa shape index (κ2) is 9.04. The van der Waals surface area contributed by atoms with E-state index >= 15 is 0 Å². The monoisotopic (exact) mass is 462 g/mol. The number of amides is 1. The average molecular weight is 462 g/mol. The summed E-state index contributed by atoms with van der Waals surface area (Å²) in [5, 5.41) is 2.20. The summed E-state index contributed by atoms with van der Waals surface area (Å²) in [4.78, 5) is 12.7. The summed E-state index contributed by atoms with van der Waals surface area (Å²) < 4.78 is 67.2. The van der Waals surface area contributed by atoms with Crippen LogP contribution in [0.25, 0.3) is 0 Å². The van der Waals surface area contributed by atoms with Gasteiger partial charge in [0.2, 0.25) is 5.91 Å². The molecular weight excluding hydrogens is 441 g/mol. The van der Waals surface area contributed by atoms with Crippen LogP contribution in [0.3, 0.4) is 0 Å². The number of benzene rings is 3. The first-order valence-corrected chi connectivity index (χ1v) is 11.0. The van der Waals surface area contributed by atoms with Gasteiger partial charge in [-0.15, -0.1) is 0 Å². The lowest BCUT2D eigenvalue weighted by molar-refractivity contribution is -0.137. The van der Waals surface area contributed by atoms with E-state index in [2.05, 4.69) is 5.32 Å². The standard InChI is InChI=1S/C23H21F3N2O3S/c1-16-7-11-18(12-8-16)28(32(30,31)19-13-9-17(2)10-14-19)15-22(29)27-21-6-4-3-5-20(21)23(24,25)26/h3-14H,15H2,1-2H3,(H,27,29). The highest BCUT2D eigenvalue weighted by molar-refractivity contribution is 7.92. The molecule has 0 unspecified atom stereocenters. The Morgan fingerprint density at radius 3 is 1.97 bits per heavy atom. The summed E-state index contributed by atoms with van der Waals surface area (Å²) in [7, 11) is -4.16. The van der Waals surface area contributed by atoms with Crippen molar-refractivity contribution in [1.29, 1.82) is 0 Å². The molecule has 0 atom stereocenters. The molecule has 1 amide bonds. The third kappa shape index (κ3) is 5.28. The van der Waals surface area contributed by atoms with Crippen molar-refractivity contribution in [3.8, 4) is 0 Å². The molecule has 0 aliphatic carbocycles. The second-order valence-electron chi connectivity index (χ2n) is 7.25. The minimum atomic E-state index is -4.67. The summed E-state index contributed by atoms with van der Waals surface area (Å²) in [6, 6.07) is 17.1. The highest BCUT2D eigenvalue weighted by Gasteiger charge is 2.34. The predicted molar refractivity (Wildman–Crippen MR) is 117 cm³/mol. The number of aryl methyl sites for hydroxylation is 2. The van der Waals surface area contributed by atoms with Crippen LogP contribution in [0.4, 0.5) is 24.5 Å². The molecule has 5 nitrogen and oxygen atoms in total. The second-order valence-corrected chi connectivity index (χ2v) is 9.11. The molecule has 0 aliphatic rings. The Bertz CT molecular complexity index is 1210. The number of nitrogens with one attached hydrogen (secondary N) is 1. The van der Waals surface area contributed by atoms with Crippen LogP contribution in [0.2, 0.25) is 0 Å². The molecule has 3 aromatic rings. The van der Waals surface area contributed by atoms with Gasteiger partial charge in [0.1, 0.15) is 6.54 Å². The minimum Gasteiger partial charge on any atom is -0.324 e. The fourth-order valence-electron chi connectivity index (χ4n) is 3.02. The molecule has 3 rings (SSSR count). The van der Waals surface area contributed by atoms with Crippen molar-refractivity contribution in [3.05, 3.63) is 89.5 Å². The van der Waals surface area contributed by atoms with Gasteiger partial charge in [-0.2, -0.15) is 13.2 Å². The number of nitrogens with zero attached hydrogens (tertiary/aromatic N) is 1. The van der Waals surface area contributed by atoms with Crippen LogP contribution in [0.15, 0.2) is 77.7 Å². The van der Waals surface area contributed by atoms with Gasteiger partial charge in [-0.25, -0.2) is 8.42 Å². The molecule has 32 heavy (non-hydrogen) atoms. The van der Waals surface area contributed by atoms with Crippen LogP contribution >= 0.6 is 0 Å². The SMILES string of the molecule is Cc1ccc(N(CC(=O)Nc2ccccc2C(F)(F)F)S(=O)(=O)c2ccc(C)cc2)cc1. The van der Waals surface area contributed by atoms with Crippen molar-refractivity contribution in [3.63, 3.8) is 0 Å². The largest absolute Gasteiger partial charge is 0.418 e. The fraction of sp³-hybridized carbons (Fsp3) is 0.174. The Labute approximate surface area is 184 Å². The van der Waals surface area contributed by atoms with Crippen molar-refractivity contribution >= 4 is 27.3 Å². The summed E-state index contributed by atoms with van der Waals surface area (Å²) in [6.07, 6.45) is -4.67. The molecule has 0 radical (unpaired) electrons. The number of carbonyl (C=O) groups excluding carboxylic acids is 1. The van der Waals surface area contributed by atoms with Crippen molar-refractivity contribution in [2.75, 3.05) is 16.2 Å². The van der Waals surface area contributed by atoms with Crippen molar-refractivity contribution in [2.45, 2.75) is 24.9 Å². The molecule has 168 valence electrons. The van der Waals surface area contributed by atoms with E-state index in [9.17, 15) is 26.4 Å². The van der Waals surface area contributed by atoms with Crippen molar-refractivity contribution in [2.24, 2.45) is 0 Å². The third-order valence-electron chi connectivity index (χ3n) is 4.72. The minimum absolute atomic E-state index is 0.0350. The van der Waals surface area contributed by atoms with E-state index in [1.54, 1.807) is 31.2 Å². The smallest absolute Gasteiger partial charge is 0.324 e. The molecule has 9 heteroatoms. The van der Waals surface area contributed by atoms with E-state index in [0.29, 0.717) is 0 Å². The Hall–Kier alpha value is -3.33. The number of hydrogen-bond acceptors (Lipinski definition) is 3. The van der Waals surface area contributed by atoms with Gasteiger partial charge in [0, 0.05) is 0 Å².